The number of ether oxygens (including phenoxy) is 2. The third kappa shape index (κ3) is 8.83. The van der Waals surface area contributed by atoms with Crippen molar-refractivity contribution < 1.29 is 29.3 Å². The number of aliphatic hydroxyl groups excluding tert-OH is 2. The molecule has 8 aliphatic carbocycles. The molecule has 0 aliphatic heterocycles. The maximum absolute atomic E-state index is 12.9. The van der Waals surface area contributed by atoms with Gasteiger partial charge in [-0.2, -0.15) is 10.2 Å². The molecule has 6 saturated carbocycles. The van der Waals surface area contributed by atoms with Crippen LogP contribution in [0.2, 0.25) is 0 Å². The van der Waals surface area contributed by atoms with Crippen molar-refractivity contribution in [3.05, 3.63) is 83.0 Å². The molecule has 2 aromatic carbocycles. The molecule has 12 atom stereocenters. The average molecular weight is 953 g/mol. The number of nitrogens with one attached hydrogen (secondary N) is 2. The topological polar surface area (TPSA) is 142 Å². The molecule has 0 radical (unpaired) electrons. The smallest absolute Gasteiger partial charge is 0.277 e. The van der Waals surface area contributed by atoms with Crippen LogP contribution in [0.1, 0.15) is 168 Å². The van der Waals surface area contributed by atoms with Gasteiger partial charge in [0.15, 0.2) is 13.2 Å². The lowest BCUT2D eigenvalue weighted by Crippen LogP contribution is -2.51. The summed E-state index contributed by atoms with van der Waals surface area (Å²) in [5.41, 5.74) is 15.6. The van der Waals surface area contributed by atoms with Gasteiger partial charge in [0.25, 0.3) is 11.8 Å². The van der Waals surface area contributed by atoms with Crippen LogP contribution in [0.25, 0.3) is 11.1 Å². The highest BCUT2D eigenvalue weighted by Crippen LogP contribution is 2.67. The zero-order chi connectivity index (χ0) is 49.0. The van der Waals surface area contributed by atoms with Crippen LogP contribution in [0.4, 0.5) is 0 Å². The van der Waals surface area contributed by atoms with E-state index in [4.69, 9.17) is 9.47 Å². The second-order valence-electron chi connectivity index (χ2n) is 23.8. The first kappa shape index (κ1) is 49.1. The first-order chi connectivity index (χ1) is 33.7. The number of carbonyl (C=O) groups is 2. The number of hydrogen-bond donors (Lipinski definition) is 4. The van der Waals surface area contributed by atoms with E-state index in [1.165, 1.54) is 60.8 Å². The van der Waals surface area contributed by atoms with Gasteiger partial charge in [0, 0.05) is 0 Å². The van der Waals surface area contributed by atoms with Crippen molar-refractivity contribution >= 4 is 34.4 Å². The lowest BCUT2D eigenvalue weighted by atomic mass is 9.47. The summed E-state index contributed by atoms with van der Waals surface area (Å²) < 4.78 is 11.8. The highest BCUT2D eigenvalue weighted by Gasteiger charge is 2.60. The van der Waals surface area contributed by atoms with E-state index in [1.54, 1.807) is 0 Å². The van der Waals surface area contributed by atoms with Crippen LogP contribution < -0.4 is 20.3 Å². The summed E-state index contributed by atoms with van der Waals surface area (Å²) in [7, 11) is 0. The van der Waals surface area contributed by atoms with Gasteiger partial charge in [-0.1, -0.05) is 77.0 Å². The van der Waals surface area contributed by atoms with Crippen molar-refractivity contribution in [2.45, 2.75) is 169 Å². The second-order valence-corrected chi connectivity index (χ2v) is 23.8. The molecule has 4 N–H and O–H groups in total. The van der Waals surface area contributed by atoms with Gasteiger partial charge in [-0.25, -0.2) is 10.9 Å². The summed E-state index contributed by atoms with van der Waals surface area (Å²) in [6, 6.07) is 15.9. The van der Waals surface area contributed by atoms with E-state index in [2.05, 4.69) is 99.0 Å². The zero-order valence-electron chi connectivity index (χ0n) is 43.0. The molecule has 0 spiro atoms. The SMILES string of the molecule is CCC(=C(CC)c1ccc(OCC(=O)NN=C2C=C3CCC4C(CCC5(C)C(O)CCC45)C3(C)CC2)cc1)c1ccc(OCC(=O)NN=C2C=C3CCC4C(CCC5(C)C(O)CCC45)C3(C)CC2)cc1. The Morgan fingerprint density at radius 3 is 1.33 bits per heavy atom. The Labute approximate surface area is 417 Å². The molecular formula is C60H80N4O6. The van der Waals surface area contributed by atoms with Crippen molar-refractivity contribution in [3.63, 3.8) is 0 Å². The molecular weight excluding hydrogens is 873 g/mol. The van der Waals surface area contributed by atoms with Crippen LogP contribution in [-0.4, -0.2) is 58.9 Å². The van der Waals surface area contributed by atoms with E-state index in [1.807, 2.05) is 24.3 Å². The molecule has 0 heterocycles. The molecule has 10 rings (SSSR count). The maximum atomic E-state index is 12.9. The number of nitrogens with zero attached hydrogens (tertiary/aromatic N) is 2. The summed E-state index contributed by atoms with van der Waals surface area (Å²) in [4.78, 5) is 25.9. The van der Waals surface area contributed by atoms with Gasteiger partial charge >= 0.3 is 0 Å². The van der Waals surface area contributed by atoms with Crippen molar-refractivity contribution in [1.29, 1.82) is 0 Å². The molecule has 10 heteroatoms. The Kier molecular flexibility index (Phi) is 13.6. The lowest BCUT2D eigenvalue weighted by Gasteiger charge is -2.57. The van der Waals surface area contributed by atoms with Gasteiger partial charge in [-0.3, -0.25) is 9.59 Å². The van der Waals surface area contributed by atoms with Crippen LogP contribution in [0.3, 0.4) is 0 Å². The molecule has 6 fully saturated rings. The third-order valence-electron chi connectivity index (χ3n) is 20.7. The zero-order valence-corrected chi connectivity index (χ0v) is 43.0. The molecule has 0 aromatic heterocycles. The van der Waals surface area contributed by atoms with Crippen molar-refractivity contribution in [1.82, 2.24) is 10.9 Å². The Bertz CT molecular complexity index is 2300. The van der Waals surface area contributed by atoms with Crippen LogP contribution >= 0.6 is 0 Å². The average Bonchev–Trinajstić information content (AvgIpc) is 3.85. The number of fused-ring (bicyclic) bond motifs is 10. The number of amides is 2. The fraction of sp³-hybridized carbons (Fsp3) is 0.633. The highest BCUT2D eigenvalue weighted by molar-refractivity contribution is 5.98. The van der Waals surface area contributed by atoms with Gasteiger partial charge in [0.2, 0.25) is 0 Å². The van der Waals surface area contributed by atoms with Crippen molar-refractivity contribution in [2.75, 3.05) is 13.2 Å². The molecule has 12 unspecified atom stereocenters. The van der Waals surface area contributed by atoms with Crippen LogP contribution in [-0.2, 0) is 9.59 Å². The molecule has 70 heavy (non-hydrogen) atoms. The molecule has 2 aromatic rings. The van der Waals surface area contributed by atoms with Gasteiger partial charge in [0.1, 0.15) is 11.5 Å². The molecule has 0 bridgehead atoms. The summed E-state index contributed by atoms with van der Waals surface area (Å²) in [5.74, 6) is 4.70. The number of hydrogen-bond acceptors (Lipinski definition) is 8. The van der Waals surface area contributed by atoms with Gasteiger partial charge in [-0.05, 0) is 231 Å². The van der Waals surface area contributed by atoms with E-state index in [9.17, 15) is 19.8 Å². The molecule has 10 nitrogen and oxygen atoms in total. The minimum Gasteiger partial charge on any atom is -0.484 e. The Morgan fingerprint density at radius 2 is 0.943 bits per heavy atom. The fourth-order valence-electron chi connectivity index (χ4n) is 16.6. The van der Waals surface area contributed by atoms with E-state index < -0.39 is 0 Å². The number of benzene rings is 2. The number of hydrazone groups is 2. The number of rotatable bonds is 12. The predicted molar refractivity (Wildman–Crippen MR) is 278 cm³/mol. The van der Waals surface area contributed by atoms with Crippen LogP contribution in [0.5, 0.6) is 11.5 Å². The van der Waals surface area contributed by atoms with E-state index >= 15 is 0 Å². The Balaban J connectivity index is 0.690. The maximum Gasteiger partial charge on any atom is 0.277 e. The van der Waals surface area contributed by atoms with E-state index in [0.717, 1.165) is 99.6 Å². The van der Waals surface area contributed by atoms with E-state index in [0.29, 0.717) is 47.0 Å². The molecule has 8 aliphatic rings. The van der Waals surface area contributed by atoms with Crippen molar-refractivity contribution in [2.24, 2.45) is 67.4 Å². The Morgan fingerprint density at radius 1 is 0.543 bits per heavy atom. The highest BCUT2D eigenvalue weighted by atomic mass is 16.5. The summed E-state index contributed by atoms with van der Waals surface area (Å²) in [6.07, 6.45) is 23.2. The van der Waals surface area contributed by atoms with Gasteiger partial charge in [-0.15, -0.1) is 0 Å². The molecule has 2 amide bonds. The minimum atomic E-state index is -0.274. The Hall–Kier alpha value is -4.54. The quantitative estimate of drug-likeness (QED) is 0.123. The summed E-state index contributed by atoms with van der Waals surface area (Å²) in [5, 5.41) is 30.8. The van der Waals surface area contributed by atoms with Crippen LogP contribution in [0, 0.1) is 57.2 Å². The molecule has 0 saturated heterocycles. The minimum absolute atomic E-state index is 0.0914. The largest absolute Gasteiger partial charge is 0.484 e. The predicted octanol–water partition coefficient (Wildman–Crippen LogP) is 11.8. The van der Waals surface area contributed by atoms with E-state index in [-0.39, 0.29) is 58.9 Å². The normalized spacial score (nSPS) is 37.8. The first-order valence-electron chi connectivity index (χ1n) is 27.3. The summed E-state index contributed by atoms with van der Waals surface area (Å²) >= 11 is 0. The first-order valence-corrected chi connectivity index (χ1v) is 27.3. The standard InChI is InChI=1S/C60H80N4O6/c1-7-45(37-9-15-43(16-10-37)69-35-55(67)63-61-41-25-29-57(3)39(33-41)13-19-47-49-21-23-53(65)59(49,5)31-27-51(47)57)46(8-2)38-11-17-44(18-12-38)70-36-56(68)64-62-42-26-30-58(4)40(34-42)14-20-48-50-22-24-54(66)60(50,6)32-28-52(48)58/h9-12,15-18,33-34,47-54,65-66H,7-8,13-14,19-32,35-36H2,1-6H3,(H,63,67)(H,64,68). The molecule has 376 valence electrons. The second kappa shape index (κ2) is 19.5. The third-order valence-corrected chi connectivity index (χ3v) is 20.7. The van der Waals surface area contributed by atoms with Crippen molar-refractivity contribution in [3.8, 4) is 11.5 Å². The number of allylic oxidation sites excluding steroid dienone is 6. The lowest BCUT2D eigenvalue weighted by molar-refractivity contribution is -0.123. The van der Waals surface area contributed by atoms with Gasteiger partial charge in [0.05, 0.1) is 23.6 Å². The fourth-order valence-corrected chi connectivity index (χ4v) is 16.6. The summed E-state index contributed by atoms with van der Waals surface area (Å²) in [6.45, 7) is 13.7. The monoisotopic (exact) mass is 953 g/mol. The van der Waals surface area contributed by atoms with Gasteiger partial charge < -0.3 is 19.7 Å². The van der Waals surface area contributed by atoms with Crippen LogP contribution in [0.15, 0.2) is 82.0 Å². The number of aliphatic hydroxyl groups is 2. The number of carbonyl (C=O) groups excluding carboxylic acids is 2.